The summed E-state index contributed by atoms with van der Waals surface area (Å²) in [5.41, 5.74) is 7.40. The number of aromatic nitrogens is 2. The van der Waals surface area contributed by atoms with Gasteiger partial charge in [-0.05, 0) is 48.9 Å². The van der Waals surface area contributed by atoms with Crippen LogP contribution in [0.4, 0.5) is 0 Å². The summed E-state index contributed by atoms with van der Waals surface area (Å²) in [5.74, 6) is 0.220. The molecule has 1 aliphatic carbocycles. The van der Waals surface area contributed by atoms with Crippen molar-refractivity contribution in [1.29, 1.82) is 0 Å². The highest BCUT2D eigenvalue weighted by Gasteiger charge is 2.22. The van der Waals surface area contributed by atoms with E-state index in [0.29, 0.717) is 17.3 Å². The van der Waals surface area contributed by atoms with Crippen LogP contribution >= 0.6 is 22.9 Å². The Morgan fingerprint density at radius 3 is 2.89 bits per heavy atom. The number of benzene rings is 1. The van der Waals surface area contributed by atoms with E-state index in [4.69, 9.17) is 22.3 Å². The van der Waals surface area contributed by atoms with E-state index in [-0.39, 0.29) is 18.5 Å². The number of hydrogen-bond donors (Lipinski definition) is 1. The lowest BCUT2D eigenvalue weighted by molar-refractivity contribution is -0.118. The van der Waals surface area contributed by atoms with Gasteiger partial charge in [0, 0.05) is 29.3 Å². The van der Waals surface area contributed by atoms with E-state index in [0.717, 1.165) is 47.0 Å². The predicted octanol–water partition coefficient (Wildman–Crippen LogP) is 3.46. The van der Waals surface area contributed by atoms with Gasteiger partial charge < -0.3 is 5.73 Å². The molecule has 1 amide bonds. The number of nitrogens with zero attached hydrogens (tertiary/aromatic N) is 2. The van der Waals surface area contributed by atoms with Crippen molar-refractivity contribution in [3.63, 3.8) is 0 Å². The van der Waals surface area contributed by atoms with Gasteiger partial charge in [-0.2, -0.15) is 0 Å². The molecule has 0 unspecified atom stereocenters. The van der Waals surface area contributed by atoms with Crippen molar-refractivity contribution in [2.75, 3.05) is 0 Å². The van der Waals surface area contributed by atoms with Crippen LogP contribution in [0, 0.1) is 0 Å². The highest BCUT2D eigenvalue weighted by Crippen LogP contribution is 2.34. The van der Waals surface area contributed by atoms with Crippen molar-refractivity contribution in [1.82, 2.24) is 9.55 Å². The summed E-state index contributed by atoms with van der Waals surface area (Å²) in [5, 5.41) is 1.38. The zero-order valence-corrected chi connectivity index (χ0v) is 16.4. The molecule has 2 aromatic heterocycles. The molecule has 4 rings (SSSR count). The minimum atomic E-state index is -0.428. The largest absolute Gasteiger partial charge is 0.370 e. The number of carbonyl (C=O) groups is 1. The molecule has 5 nitrogen and oxygen atoms in total. The lowest BCUT2D eigenvalue weighted by Crippen LogP contribution is -2.28. The van der Waals surface area contributed by atoms with Crippen LogP contribution in [0.5, 0.6) is 0 Å². The van der Waals surface area contributed by atoms with E-state index >= 15 is 0 Å². The van der Waals surface area contributed by atoms with Gasteiger partial charge in [0.2, 0.25) is 5.91 Å². The molecule has 2 N–H and O–H groups in total. The fraction of sp³-hybridized carbons (Fsp3) is 0.350. The first-order valence-corrected chi connectivity index (χ1v) is 10.3. The molecule has 1 aromatic carbocycles. The molecule has 0 saturated heterocycles. The fourth-order valence-electron chi connectivity index (χ4n) is 3.70. The molecule has 140 valence electrons. The normalized spacial score (nSPS) is 13.7. The Bertz CT molecular complexity index is 1090. The molecule has 1 aliphatic rings. The first kappa shape index (κ1) is 18.2. The van der Waals surface area contributed by atoms with Crippen molar-refractivity contribution in [2.45, 2.75) is 45.1 Å². The molecular weight excluding hydrogens is 382 g/mol. The van der Waals surface area contributed by atoms with Crippen molar-refractivity contribution in [2.24, 2.45) is 5.73 Å². The predicted molar refractivity (Wildman–Crippen MR) is 109 cm³/mol. The second-order valence-corrected chi connectivity index (χ2v) is 8.42. The number of primary amides is 1. The minimum Gasteiger partial charge on any atom is -0.370 e. The zero-order chi connectivity index (χ0) is 19.0. The number of rotatable bonds is 5. The van der Waals surface area contributed by atoms with E-state index in [1.165, 1.54) is 4.88 Å². The number of nitrogens with two attached hydrogens (primary N) is 1. The highest BCUT2D eigenvalue weighted by molar-refractivity contribution is 7.18. The lowest BCUT2D eigenvalue weighted by Gasteiger charge is -2.13. The maximum absolute atomic E-state index is 13.3. The van der Waals surface area contributed by atoms with E-state index in [1.54, 1.807) is 15.9 Å². The first-order chi connectivity index (χ1) is 13.0. The first-order valence-electron chi connectivity index (χ1n) is 9.09. The van der Waals surface area contributed by atoms with Crippen LogP contribution in [0.3, 0.4) is 0 Å². The van der Waals surface area contributed by atoms with Gasteiger partial charge in [0.1, 0.15) is 10.7 Å². The molecule has 3 aromatic rings. The summed E-state index contributed by atoms with van der Waals surface area (Å²) in [6.45, 7) is 0.248. The Kier molecular flexibility index (Phi) is 5.02. The summed E-state index contributed by atoms with van der Waals surface area (Å²) in [7, 11) is 0. The second kappa shape index (κ2) is 7.44. The van der Waals surface area contributed by atoms with Crippen LogP contribution in [0.2, 0.25) is 5.02 Å². The third kappa shape index (κ3) is 3.64. The Balaban J connectivity index is 1.86. The van der Waals surface area contributed by atoms with E-state index < -0.39 is 5.91 Å². The lowest BCUT2D eigenvalue weighted by atomic mass is 9.97. The van der Waals surface area contributed by atoms with Crippen molar-refractivity contribution in [3.8, 4) is 0 Å². The van der Waals surface area contributed by atoms with Crippen molar-refractivity contribution >= 4 is 39.1 Å². The Morgan fingerprint density at radius 1 is 1.30 bits per heavy atom. The molecule has 2 heterocycles. The number of hydrogen-bond acceptors (Lipinski definition) is 4. The minimum absolute atomic E-state index is 0.0577. The smallest absolute Gasteiger partial charge is 0.262 e. The van der Waals surface area contributed by atoms with Gasteiger partial charge in [-0.25, -0.2) is 4.98 Å². The Labute approximate surface area is 165 Å². The van der Waals surface area contributed by atoms with E-state index in [9.17, 15) is 9.59 Å². The topological polar surface area (TPSA) is 78.0 Å². The third-order valence-corrected chi connectivity index (χ3v) is 6.41. The maximum atomic E-state index is 13.3. The van der Waals surface area contributed by atoms with Crippen LogP contribution in [0.15, 0.2) is 29.1 Å². The number of aryl methyl sites for hydroxylation is 2. The van der Waals surface area contributed by atoms with Gasteiger partial charge in [-0.15, -0.1) is 11.3 Å². The average Bonchev–Trinajstić information content (AvgIpc) is 2.99. The third-order valence-electron chi connectivity index (χ3n) is 4.99. The second-order valence-electron chi connectivity index (χ2n) is 6.90. The van der Waals surface area contributed by atoms with Gasteiger partial charge in [0.05, 0.1) is 5.39 Å². The Morgan fingerprint density at radius 2 is 2.11 bits per heavy atom. The van der Waals surface area contributed by atoms with Crippen molar-refractivity contribution in [3.05, 3.63) is 61.5 Å². The molecule has 0 radical (unpaired) electrons. The molecule has 0 atom stereocenters. The molecule has 0 fully saturated rings. The standard InChI is InChI=1S/C20H20ClN3O2S/c21-13-5-3-4-12(10-13)11-17-23-19-18(14-6-1-2-7-15(14)27-19)20(26)24(17)9-8-16(22)25/h3-5,10H,1-2,6-9,11H2,(H2,22,25). The number of carbonyl (C=O) groups excluding carboxylic acids is 1. The van der Waals surface area contributed by atoms with Gasteiger partial charge in [-0.1, -0.05) is 23.7 Å². The summed E-state index contributed by atoms with van der Waals surface area (Å²) >= 11 is 7.73. The summed E-state index contributed by atoms with van der Waals surface area (Å²) in [6, 6.07) is 7.52. The highest BCUT2D eigenvalue weighted by atomic mass is 35.5. The number of fused-ring (bicyclic) bond motifs is 3. The van der Waals surface area contributed by atoms with Crippen LogP contribution in [-0.4, -0.2) is 15.5 Å². The number of thiophene rings is 1. The molecule has 0 saturated carbocycles. The SMILES string of the molecule is NC(=O)CCn1c(Cc2cccc(Cl)c2)nc2sc3c(c2c1=O)CCCC3. The molecule has 0 bridgehead atoms. The molecule has 7 heteroatoms. The van der Waals surface area contributed by atoms with Crippen LogP contribution in [0.25, 0.3) is 10.2 Å². The van der Waals surface area contributed by atoms with Gasteiger partial charge in [0.25, 0.3) is 5.56 Å². The van der Waals surface area contributed by atoms with Gasteiger partial charge in [-0.3, -0.25) is 14.2 Å². The molecule has 27 heavy (non-hydrogen) atoms. The van der Waals surface area contributed by atoms with Crippen LogP contribution in [-0.2, 0) is 30.6 Å². The molecule has 0 spiro atoms. The monoisotopic (exact) mass is 401 g/mol. The van der Waals surface area contributed by atoms with E-state index in [2.05, 4.69) is 0 Å². The molecular formula is C20H20ClN3O2S. The molecule has 0 aliphatic heterocycles. The van der Waals surface area contributed by atoms with Crippen LogP contribution in [0.1, 0.15) is 41.1 Å². The van der Waals surface area contributed by atoms with Gasteiger partial charge in [0.15, 0.2) is 0 Å². The van der Waals surface area contributed by atoms with E-state index in [1.807, 2.05) is 24.3 Å². The average molecular weight is 402 g/mol. The Hall–Kier alpha value is -2.18. The quantitative estimate of drug-likeness (QED) is 0.711. The number of halogens is 1. The summed E-state index contributed by atoms with van der Waals surface area (Å²) < 4.78 is 1.62. The number of amides is 1. The summed E-state index contributed by atoms with van der Waals surface area (Å²) in [6.07, 6.45) is 4.79. The van der Waals surface area contributed by atoms with Gasteiger partial charge >= 0.3 is 0 Å². The fourth-order valence-corrected chi connectivity index (χ4v) is 5.18. The maximum Gasteiger partial charge on any atom is 0.262 e. The van der Waals surface area contributed by atoms with Crippen LogP contribution < -0.4 is 11.3 Å². The van der Waals surface area contributed by atoms with Crippen molar-refractivity contribution < 1.29 is 4.79 Å². The summed E-state index contributed by atoms with van der Waals surface area (Å²) in [4.78, 5) is 31.5. The zero-order valence-electron chi connectivity index (χ0n) is 14.8.